The summed E-state index contributed by atoms with van der Waals surface area (Å²) in [7, 11) is 0. The monoisotopic (exact) mass is 386 g/mol. The maximum absolute atomic E-state index is 6.48. The fourth-order valence-corrected chi connectivity index (χ4v) is 3.72. The van der Waals surface area contributed by atoms with Gasteiger partial charge in [-0.15, -0.1) is 11.6 Å². The Hall–Kier alpha value is -0.0200. The van der Waals surface area contributed by atoms with Crippen molar-refractivity contribution in [1.82, 2.24) is 0 Å². The first-order valence-electron chi connectivity index (χ1n) is 5.39. The van der Waals surface area contributed by atoms with Gasteiger partial charge in [-0.1, -0.05) is 58.0 Å². The van der Waals surface area contributed by atoms with Gasteiger partial charge in [0.2, 0.25) is 0 Å². The SMILES string of the molecule is Clc1cc2c(c(Cl)c1Cl)C(Cl)c1c(ccc(Cl)c1Cl)O2. The van der Waals surface area contributed by atoms with Gasteiger partial charge >= 0.3 is 0 Å². The summed E-state index contributed by atoms with van der Waals surface area (Å²) >= 11 is 36.9. The van der Waals surface area contributed by atoms with Crippen molar-refractivity contribution in [2.75, 3.05) is 0 Å². The molecule has 0 N–H and O–H groups in total. The molecule has 0 bridgehead atoms. The van der Waals surface area contributed by atoms with Crippen molar-refractivity contribution in [2.24, 2.45) is 0 Å². The van der Waals surface area contributed by atoms with Gasteiger partial charge in [0.25, 0.3) is 0 Å². The molecule has 0 saturated carbocycles. The van der Waals surface area contributed by atoms with Crippen LogP contribution in [0.3, 0.4) is 0 Å². The average molecular weight is 389 g/mol. The number of halogens is 6. The molecule has 0 aliphatic carbocycles. The van der Waals surface area contributed by atoms with Crippen molar-refractivity contribution < 1.29 is 4.74 Å². The summed E-state index contributed by atoms with van der Waals surface area (Å²) in [5.74, 6) is 0.969. The number of hydrogen-bond donors (Lipinski definition) is 0. The van der Waals surface area contributed by atoms with Crippen LogP contribution in [0.2, 0.25) is 25.1 Å². The number of hydrogen-bond acceptors (Lipinski definition) is 1. The summed E-state index contributed by atoms with van der Waals surface area (Å²) < 4.78 is 5.75. The van der Waals surface area contributed by atoms with Gasteiger partial charge in [0.15, 0.2) is 0 Å². The predicted molar refractivity (Wildman–Crippen MR) is 85.7 cm³/mol. The van der Waals surface area contributed by atoms with Crippen LogP contribution < -0.4 is 4.74 Å². The molecule has 1 aliphatic rings. The minimum atomic E-state index is -0.623. The minimum absolute atomic E-state index is 0.225. The zero-order valence-electron chi connectivity index (χ0n) is 9.49. The third kappa shape index (κ3) is 2.16. The highest BCUT2D eigenvalue weighted by molar-refractivity contribution is 6.49. The lowest BCUT2D eigenvalue weighted by Gasteiger charge is -2.27. The second-order valence-electron chi connectivity index (χ2n) is 4.14. The highest BCUT2D eigenvalue weighted by atomic mass is 35.5. The third-order valence-corrected chi connectivity index (χ3v) is 5.51. The molecular weight excluding hydrogens is 385 g/mol. The summed E-state index contributed by atoms with van der Waals surface area (Å²) in [5, 5.41) is 0.861. The van der Waals surface area contributed by atoms with E-state index in [1.165, 1.54) is 0 Å². The van der Waals surface area contributed by atoms with E-state index in [1.807, 2.05) is 0 Å². The molecule has 3 rings (SSSR count). The number of benzene rings is 2. The maximum atomic E-state index is 6.48. The molecule has 1 nitrogen and oxygen atoms in total. The first-order chi connectivity index (χ1) is 9.41. The topological polar surface area (TPSA) is 9.23 Å². The minimum Gasteiger partial charge on any atom is -0.456 e. The van der Waals surface area contributed by atoms with Gasteiger partial charge in [-0.2, -0.15) is 0 Å². The van der Waals surface area contributed by atoms with Crippen molar-refractivity contribution in [1.29, 1.82) is 0 Å². The van der Waals surface area contributed by atoms with Crippen LogP contribution in [0, 0.1) is 0 Å². The lowest BCUT2D eigenvalue weighted by atomic mass is 9.99. The van der Waals surface area contributed by atoms with Crippen LogP contribution in [0.1, 0.15) is 16.5 Å². The molecule has 104 valence electrons. The molecule has 0 saturated heterocycles. The van der Waals surface area contributed by atoms with E-state index in [-0.39, 0.29) is 10.0 Å². The predicted octanol–water partition coefficient (Wildman–Crippen LogP) is 7.39. The Morgan fingerprint density at radius 1 is 0.750 bits per heavy atom. The van der Waals surface area contributed by atoms with Gasteiger partial charge in [-0.3, -0.25) is 0 Å². The molecule has 1 unspecified atom stereocenters. The second-order valence-corrected chi connectivity index (χ2v) is 6.52. The Labute approximate surface area is 145 Å². The summed E-state index contributed by atoms with van der Waals surface area (Å²) in [5.41, 5.74) is 1.09. The Bertz CT molecular complexity index is 728. The van der Waals surface area contributed by atoms with Gasteiger partial charge < -0.3 is 4.74 Å². The van der Waals surface area contributed by atoms with E-state index in [0.29, 0.717) is 37.7 Å². The summed E-state index contributed by atoms with van der Waals surface area (Å²) in [6.07, 6.45) is 0. The molecule has 0 aromatic heterocycles. The smallest absolute Gasteiger partial charge is 0.135 e. The van der Waals surface area contributed by atoms with Crippen LogP contribution in [0.25, 0.3) is 0 Å². The molecule has 0 fully saturated rings. The highest BCUT2D eigenvalue weighted by Crippen LogP contribution is 2.54. The molecular formula is C13H4Cl6O. The third-order valence-electron chi connectivity index (χ3n) is 2.98. The second kappa shape index (κ2) is 5.31. The van der Waals surface area contributed by atoms with Gasteiger partial charge in [-0.05, 0) is 12.1 Å². The van der Waals surface area contributed by atoms with Crippen molar-refractivity contribution >= 4 is 69.6 Å². The first-order valence-corrected chi connectivity index (χ1v) is 7.71. The van der Waals surface area contributed by atoms with E-state index in [2.05, 4.69) is 0 Å². The van der Waals surface area contributed by atoms with E-state index in [4.69, 9.17) is 74.3 Å². The normalized spacial score (nSPS) is 16.4. The molecule has 2 aromatic carbocycles. The first kappa shape index (κ1) is 14.9. The molecule has 1 aliphatic heterocycles. The zero-order chi connectivity index (χ0) is 14.6. The van der Waals surface area contributed by atoms with Crippen molar-refractivity contribution in [3.63, 3.8) is 0 Å². The highest BCUT2D eigenvalue weighted by Gasteiger charge is 2.32. The maximum Gasteiger partial charge on any atom is 0.135 e. The molecule has 20 heavy (non-hydrogen) atoms. The lowest BCUT2D eigenvalue weighted by Crippen LogP contribution is -2.08. The molecule has 1 heterocycles. The van der Waals surface area contributed by atoms with E-state index >= 15 is 0 Å². The van der Waals surface area contributed by atoms with Crippen molar-refractivity contribution in [3.05, 3.63) is 54.4 Å². The van der Waals surface area contributed by atoms with E-state index in [0.717, 1.165) is 0 Å². The lowest BCUT2D eigenvalue weighted by molar-refractivity contribution is 0.458. The fourth-order valence-electron chi connectivity index (χ4n) is 2.04. The Balaban J connectivity index is 2.29. The van der Waals surface area contributed by atoms with Crippen LogP contribution in [-0.4, -0.2) is 0 Å². The molecule has 0 spiro atoms. The number of rotatable bonds is 0. The van der Waals surface area contributed by atoms with E-state index in [1.54, 1.807) is 18.2 Å². The number of alkyl halides is 1. The van der Waals surface area contributed by atoms with Crippen molar-refractivity contribution in [2.45, 2.75) is 5.38 Å². The largest absolute Gasteiger partial charge is 0.456 e. The van der Waals surface area contributed by atoms with Gasteiger partial charge in [-0.25, -0.2) is 0 Å². The quantitative estimate of drug-likeness (QED) is 0.337. The summed E-state index contributed by atoms with van der Waals surface area (Å²) in [4.78, 5) is 0. The summed E-state index contributed by atoms with van der Waals surface area (Å²) in [6, 6.07) is 4.90. The van der Waals surface area contributed by atoms with Crippen molar-refractivity contribution in [3.8, 4) is 11.5 Å². The Morgan fingerprint density at radius 3 is 2.10 bits per heavy atom. The van der Waals surface area contributed by atoms with Gasteiger partial charge in [0.05, 0.1) is 30.5 Å². The molecule has 7 heteroatoms. The van der Waals surface area contributed by atoms with Gasteiger partial charge in [0.1, 0.15) is 11.5 Å². The average Bonchev–Trinajstić information content (AvgIpc) is 2.40. The molecule has 1 atom stereocenters. The molecule has 2 aromatic rings. The Kier molecular flexibility index (Phi) is 3.96. The Morgan fingerprint density at radius 2 is 1.40 bits per heavy atom. The van der Waals surface area contributed by atoms with Gasteiger partial charge in [0, 0.05) is 17.2 Å². The fraction of sp³-hybridized carbons (Fsp3) is 0.0769. The molecule has 0 radical (unpaired) electrons. The van der Waals surface area contributed by atoms with Crippen LogP contribution in [-0.2, 0) is 0 Å². The van der Waals surface area contributed by atoms with Crippen LogP contribution in [0.5, 0.6) is 11.5 Å². The van der Waals surface area contributed by atoms with E-state index in [9.17, 15) is 0 Å². The van der Waals surface area contributed by atoms with E-state index < -0.39 is 5.38 Å². The van der Waals surface area contributed by atoms with Crippen LogP contribution in [0.15, 0.2) is 18.2 Å². The summed E-state index contributed by atoms with van der Waals surface area (Å²) in [6.45, 7) is 0. The standard InChI is InChI=1S/C13H4Cl6O/c14-4-1-2-6-8(10(4)16)12(18)9-7(20-6)3-5(15)11(17)13(9)19/h1-3,12H. The molecule has 0 amide bonds. The van der Waals surface area contributed by atoms with Crippen LogP contribution >= 0.6 is 69.6 Å². The van der Waals surface area contributed by atoms with Crippen LogP contribution in [0.4, 0.5) is 0 Å². The number of ether oxygens (including phenoxy) is 1. The zero-order valence-corrected chi connectivity index (χ0v) is 14.0. The number of fused-ring (bicyclic) bond motifs is 2.